The van der Waals surface area contributed by atoms with Gasteiger partial charge >= 0.3 is 5.97 Å². The second-order valence-corrected chi connectivity index (χ2v) is 25.9. The first-order valence-corrected chi connectivity index (χ1v) is 33.0. The number of nitriles is 2. The van der Waals surface area contributed by atoms with Crippen LogP contribution in [0.1, 0.15) is 154 Å². The molecule has 89 heavy (non-hydrogen) atoms. The van der Waals surface area contributed by atoms with Crippen molar-refractivity contribution in [2.75, 3.05) is 88.7 Å². The number of carboxylic acids is 1. The number of aromatic carboxylic acids is 1. The Labute approximate surface area is 535 Å². The zero-order valence-electron chi connectivity index (χ0n) is 52.1. The van der Waals surface area contributed by atoms with Gasteiger partial charge in [0.1, 0.15) is 29.5 Å². The number of nitrogens with zero attached hydrogens (tertiary/aromatic N) is 7. The second-order valence-electron chi connectivity index (χ2n) is 25.0. The molecule has 3 aliphatic heterocycles. The monoisotopic (exact) mass is 1270 g/mol. The lowest BCUT2D eigenvalue weighted by molar-refractivity contribution is 0.0277. The molecule has 12 rings (SSSR count). The van der Waals surface area contributed by atoms with Gasteiger partial charge in [0.25, 0.3) is 0 Å². The maximum Gasteiger partial charge on any atom is 0.335 e. The Morgan fingerprint density at radius 1 is 0.551 bits per heavy atom. The van der Waals surface area contributed by atoms with Gasteiger partial charge < -0.3 is 48.6 Å². The molecule has 0 radical (unpaired) electrons. The molecular formula is C72H89BrN8O8. The minimum atomic E-state index is -0.925. The fraction of sp³-hybridized carbons (Fsp3) is 0.500. The van der Waals surface area contributed by atoms with Crippen molar-refractivity contribution >= 4 is 33.3 Å². The number of hydrogen-bond donors (Lipinski definition) is 2. The second kappa shape index (κ2) is 34.7. The quantitative estimate of drug-likeness (QED) is 0.0983. The normalized spacial score (nSPS) is 24.2. The van der Waals surface area contributed by atoms with E-state index in [9.17, 15) is 9.90 Å². The highest BCUT2D eigenvalue weighted by atomic mass is 79.9. The van der Waals surface area contributed by atoms with Crippen LogP contribution in [0.3, 0.4) is 0 Å². The number of aromatic nitrogens is 3. The van der Waals surface area contributed by atoms with E-state index >= 15 is 0 Å². The molecule has 3 aromatic carbocycles. The van der Waals surface area contributed by atoms with Crippen LogP contribution in [0.4, 0.5) is 11.4 Å². The number of anilines is 2. The Hall–Kier alpha value is -7.12. The van der Waals surface area contributed by atoms with Crippen molar-refractivity contribution in [3.8, 4) is 29.4 Å². The fourth-order valence-corrected chi connectivity index (χ4v) is 12.7. The van der Waals surface area contributed by atoms with Crippen molar-refractivity contribution < 1.29 is 38.3 Å². The maximum atomic E-state index is 11.3. The molecular weight excluding hydrogens is 1180 g/mol. The smallest absolute Gasteiger partial charge is 0.335 e. The third kappa shape index (κ3) is 21.3. The molecule has 6 heterocycles. The van der Waals surface area contributed by atoms with Crippen LogP contribution in [0.2, 0.25) is 0 Å². The summed E-state index contributed by atoms with van der Waals surface area (Å²) >= 11 is 3.39. The molecule has 472 valence electrons. The van der Waals surface area contributed by atoms with E-state index in [1.807, 2.05) is 73.2 Å². The first-order valence-electron chi connectivity index (χ1n) is 32.2. The van der Waals surface area contributed by atoms with Gasteiger partial charge in [0, 0.05) is 62.1 Å². The number of carboxylic acid groups (broad SMARTS) is 1. The van der Waals surface area contributed by atoms with E-state index in [0.29, 0.717) is 42.7 Å². The number of pyridine rings is 3. The number of hydrogen-bond acceptors (Lipinski definition) is 15. The predicted octanol–water partition coefficient (Wildman–Crippen LogP) is 14.6. The number of benzene rings is 3. The van der Waals surface area contributed by atoms with Crippen LogP contribution in [0.25, 0.3) is 0 Å². The predicted molar refractivity (Wildman–Crippen MR) is 349 cm³/mol. The summed E-state index contributed by atoms with van der Waals surface area (Å²) in [7, 11) is 0. The molecule has 2 N–H and O–H groups in total. The van der Waals surface area contributed by atoms with Crippen LogP contribution >= 0.6 is 15.9 Å². The minimum absolute atomic E-state index is 0.0501. The van der Waals surface area contributed by atoms with Crippen LogP contribution in [-0.2, 0) is 14.2 Å². The van der Waals surface area contributed by atoms with Crippen LogP contribution in [0, 0.1) is 58.2 Å². The van der Waals surface area contributed by atoms with E-state index in [-0.39, 0.29) is 23.9 Å². The Balaban J connectivity index is 0.000000148. The molecule has 6 fully saturated rings. The maximum absolute atomic E-state index is 11.3. The zero-order chi connectivity index (χ0) is 62.2. The number of halogens is 1. The van der Waals surface area contributed by atoms with E-state index in [2.05, 4.69) is 91.0 Å². The summed E-state index contributed by atoms with van der Waals surface area (Å²) in [5.41, 5.74) is 6.71. The lowest BCUT2D eigenvalue weighted by Crippen LogP contribution is -2.38. The molecule has 16 nitrogen and oxygen atoms in total. The molecule has 0 amide bonds. The molecule has 6 aliphatic rings. The molecule has 6 aromatic rings. The summed E-state index contributed by atoms with van der Waals surface area (Å²) in [6, 6.07) is 32.7. The van der Waals surface area contributed by atoms with Crippen molar-refractivity contribution in [3.63, 3.8) is 0 Å². The molecule has 0 spiro atoms. The molecule has 3 atom stereocenters. The summed E-state index contributed by atoms with van der Waals surface area (Å²) in [5, 5.41) is 30.4. The van der Waals surface area contributed by atoms with E-state index in [4.69, 9.17) is 38.9 Å². The highest BCUT2D eigenvalue weighted by molar-refractivity contribution is 9.10. The van der Waals surface area contributed by atoms with E-state index < -0.39 is 5.97 Å². The molecule has 3 aromatic heterocycles. The first kappa shape index (κ1) is 66.3. The Morgan fingerprint density at radius 2 is 0.966 bits per heavy atom. The summed E-state index contributed by atoms with van der Waals surface area (Å²) in [6.07, 6.45) is 26.3. The Morgan fingerprint density at radius 3 is 1.39 bits per heavy atom. The van der Waals surface area contributed by atoms with E-state index in [0.717, 1.165) is 133 Å². The van der Waals surface area contributed by atoms with Crippen LogP contribution < -0.4 is 29.3 Å². The van der Waals surface area contributed by atoms with Crippen molar-refractivity contribution in [2.45, 2.75) is 116 Å². The summed E-state index contributed by atoms with van der Waals surface area (Å²) in [6.45, 7) is 16.1. The Bertz CT molecular complexity index is 3220. The molecule has 17 heteroatoms. The standard InChI is InChI=1S/C24H29N3O2.C24H30N2O4.C13H18BrNO.C11H12N2O/c1-18-5-7-19(8-6-18)17-29-23-12-22(14-26-15-23)27-9-10-28-24(16-27)21-4-2-3-20(11-21)13-25;1-17-5-7-18(8-6-17)16-30-22-12-21(13-25-14-22)26-9-10-29-23(15-26)19-3-2-4-20(11-19)24(27)28;1-10-2-4-11(5-3-10)9-16-13-6-12(14)7-15-8-13;12-7-9-2-1-3-10(6-9)11-8-13-4-5-14-11/h2-4,11-12,14-15,18-19,24H,5-10,16-17H2,1H3;2-4,11-14,17-18,23H,5-10,15-16H2,1H3,(H,27,28);6-8,10-11H,2-5,9H2,1H3;1-3,6,11,13H,4-5,8H2. The third-order valence-electron chi connectivity index (χ3n) is 18.0. The first-order chi connectivity index (χ1) is 43.4. The highest BCUT2D eigenvalue weighted by Gasteiger charge is 2.27. The van der Waals surface area contributed by atoms with Crippen LogP contribution in [-0.4, -0.2) is 105 Å². The molecule has 3 saturated carbocycles. The molecule has 3 aliphatic carbocycles. The van der Waals surface area contributed by atoms with Crippen LogP contribution in [0.15, 0.2) is 133 Å². The summed E-state index contributed by atoms with van der Waals surface area (Å²) < 4.78 is 36.4. The number of ether oxygens (including phenoxy) is 6. The van der Waals surface area contributed by atoms with Gasteiger partial charge in [-0.15, -0.1) is 0 Å². The average Bonchev–Trinajstić information content (AvgIpc) is 3.64. The number of nitrogens with one attached hydrogen (secondary N) is 1. The largest absolute Gasteiger partial charge is 0.492 e. The van der Waals surface area contributed by atoms with Gasteiger partial charge in [0.15, 0.2) is 0 Å². The topological polar surface area (TPSA) is 197 Å². The summed E-state index contributed by atoms with van der Waals surface area (Å²) in [5.74, 6) is 6.24. The Kier molecular flexibility index (Phi) is 25.9. The lowest BCUT2D eigenvalue weighted by atomic mass is 9.83. The van der Waals surface area contributed by atoms with Gasteiger partial charge in [-0.1, -0.05) is 95.7 Å². The number of morpholine rings is 3. The van der Waals surface area contributed by atoms with Crippen LogP contribution in [0.5, 0.6) is 17.2 Å². The van der Waals surface area contributed by atoms with E-state index in [1.54, 1.807) is 42.9 Å². The number of rotatable bonds is 15. The molecule has 3 saturated heterocycles. The lowest BCUT2D eigenvalue weighted by Gasteiger charge is -2.34. The van der Waals surface area contributed by atoms with Crippen molar-refractivity contribution in [1.82, 2.24) is 20.3 Å². The average molecular weight is 1270 g/mol. The van der Waals surface area contributed by atoms with Crippen molar-refractivity contribution in [1.29, 1.82) is 10.5 Å². The van der Waals surface area contributed by atoms with Gasteiger partial charge in [-0.25, -0.2) is 4.79 Å². The fourth-order valence-electron chi connectivity index (χ4n) is 12.4. The number of carbonyl (C=O) groups is 1. The molecule has 0 bridgehead atoms. The summed E-state index contributed by atoms with van der Waals surface area (Å²) in [4.78, 5) is 28.7. The highest BCUT2D eigenvalue weighted by Crippen LogP contribution is 2.34. The van der Waals surface area contributed by atoms with Gasteiger partial charge in [-0.2, -0.15) is 10.5 Å². The minimum Gasteiger partial charge on any atom is -0.492 e. The van der Waals surface area contributed by atoms with E-state index in [1.165, 1.54) is 77.0 Å². The SMILES string of the molecule is CC1CCC(COc2cncc(Br)c2)CC1.CC1CCC(COc2cncc(N3CCOC(c4cccc(C#N)c4)C3)c2)CC1.CC1CCC(COc2cncc(N3CCOC(c4cccc(C(=O)O)c4)C3)c2)CC1.N#Cc1cccc(C2CNCCO2)c1. The van der Waals surface area contributed by atoms with Crippen molar-refractivity contribution in [2.24, 2.45) is 35.5 Å². The van der Waals surface area contributed by atoms with Gasteiger partial charge in [-0.05, 0) is 149 Å². The molecule has 3 unspecified atom stereocenters. The zero-order valence-corrected chi connectivity index (χ0v) is 53.7. The third-order valence-corrected chi connectivity index (χ3v) is 18.4. The van der Waals surface area contributed by atoms with Gasteiger partial charge in [0.05, 0.1) is 117 Å². The van der Waals surface area contributed by atoms with Crippen molar-refractivity contribution in [3.05, 3.63) is 166 Å². The van der Waals surface area contributed by atoms with Gasteiger partial charge in [-0.3, -0.25) is 15.0 Å². The van der Waals surface area contributed by atoms with Gasteiger partial charge in [0.2, 0.25) is 0 Å².